The minimum Gasteiger partial charge on any atom is -0.465 e. The van der Waals surface area contributed by atoms with Gasteiger partial charge in [0, 0.05) is 6.42 Å². The Morgan fingerprint density at radius 1 is 1.53 bits per heavy atom. The Hall–Kier alpha value is -0.900. The molecule has 1 aliphatic heterocycles. The van der Waals surface area contributed by atoms with Crippen molar-refractivity contribution in [1.82, 2.24) is 0 Å². The molecule has 0 spiro atoms. The molecule has 1 atom stereocenters. The van der Waals surface area contributed by atoms with Gasteiger partial charge in [0.15, 0.2) is 5.78 Å². The predicted octanol–water partition coefficient (Wildman–Crippen LogP) is 1.33. The summed E-state index contributed by atoms with van der Waals surface area (Å²) < 4.78 is 10.2. The van der Waals surface area contributed by atoms with Crippen molar-refractivity contribution in [3.8, 4) is 0 Å². The molecule has 4 heteroatoms. The van der Waals surface area contributed by atoms with E-state index >= 15 is 0 Å². The largest absolute Gasteiger partial charge is 0.465 e. The van der Waals surface area contributed by atoms with Crippen LogP contribution in [0, 0.1) is 5.41 Å². The molecular weight excluding hydrogens is 196 g/mol. The molecule has 1 rings (SSSR count). The van der Waals surface area contributed by atoms with Crippen LogP contribution in [0.4, 0.5) is 0 Å². The highest BCUT2D eigenvalue weighted by Gasteiger charge is 2.48. The molecule has 1 saturated heterocycles. The van der Waals surface area contributed by atoms with Crippen LogP contribution >= 0.6 is 0 Å². The molecule has 0 amide bonds. The van der Waals surface area contributed by atoms with Crippen molar-refractivity contribution in [2.75, 3.05) is 19.8 Å². The fourth-order valence-corrected chi connectivity index (χ4v) is 1.91. The van der Waals surface area contributed by atoms with Crippen LogP contribution in [0.2, 0.25) is 0 Å². The van der Waals surface area contributed by atoms with Crippen LogP contribution in [0.1, 0.15) is 33.1 Å². The first-order valence-electron chi connectivity index (χ1n) is 5.45. The number of carbonyl (C=O) groups excluding carboxylic acids is 2. The first-order valence-corrected chi connectivity index (χ1v) is 5.45. The highest BCUT2D eigenvalue weighted by atomic mass is 16.5. The number of Topliss-reactive ketones (excluding diaryl/α,β-unsaturated/α-hetero) is 1. The van der Waals surface area contributed by atoms with Gasteiger partial charge in [0.25, 0.3) is 0 Å². The maximum atomic E-state index is 11.8. The van der Waals surface area contributed by atoms with Crippen molar-refractivity contribution < 1.29 is 19.1 Å². The third-order valence-corrected chi connectivity index (χ3v) is 2.70. The lowest BCUT2D eigenvalue weighted by atomic mass is 9.77. The van der Waals surface area contributed by atoms with Gasteiger partial charge in [-0.2, -0.15) is 0 Å². The second-order valence-electron chi connectivity index (χ2n) is 3.78. The molecule has 86 valence electrons. The van der Waals surface area contributed by atoms with E-state index in [2.05, 4.69) is 0 Å². The van der Waals surface area contributed by atoms with Crippen LogP contribution < -0.4 is 0 Å². The van der Waals surface area contributed by atoms with Crippen molar-refractivity contribution in [2.45, 2.75) is 33.1 Å². The van der Waals surface area contributed by atoms with Crippen LogP contribution in [-0.2, 0) is 19.1 Å². The number of ketones is 1. The third-order valence-electron chi connectivity index (χ3n) is 2.70. The molecular formula is C11H18O4. The average Bonchev–Trinajstić information content (AvgIpc) is 2.22. The molecule has 4 nitrogen and oxygen atoms in total. The zero-order valence-electron chi connectivity index (χ0n) is 9.38. The zero-order chi connectivity index (χ0) is 11.3. The standard InChI is InChI=1S/C11H18O4/c1-3-6-11(10(13)15-4-2)8-14-7-5-9(11)12/h3-8H2,1-2H3. The number of esters is 1. The molecule has 0 aromatic heterocycles. The van der Waals surface area contributed by atoms with Gasteiger partial charge in [-0.05, 0) is 13.3 Å². The molecule has 0 bridgehead atoms. The Morgan fingerprint density at radius 2 is 2.27 bits per heavy atom. The third kappa shape index (κ3) is 2.37. The van der Waals surface area contributed by atoms with E-state index in [4.69, 9.17) is 9.47 Å². The summed E-state index contributed by atoms with van der Waals surface area (Å²) in [5.41, 5.74) is -1.02. The van der Waals surface area contributed by atoms with Gasteiger partial charge in [0.1, 0.15) is 5.41 Å². The maximum Gasteiger partial charge on any atom is 0.322 e. The van der Waals surface area contributed by atoms with Crippen LogP contribution in [0.5, 0.6) is 0 Å². The van der Waals surface area contributed by atoms with Crippen molar-refractivity contribution in [1.29, 1.82) is 0 Å². The number of hydrogen-bond donors (Lipinski definition) is 0. The Morgan fingerprint density at radius 3 is 2.80 bits per heavy atom. The molecule has 0 saturated carbocycles. The average molecular weight is 214 g/mol. The molecule has 1 unspecified atom stereocenters. The van der Waals surface area contributed by atoms with E-state index < -0.39 is 11.4 Å². The van der Waals surface area contributed by atoms with Gasteiger partial charge in [0.2, 0.25) is 0 Å². The first-order chi connectivity index (χ1) is 7.17. The fourth-order valence-electron chi connectivity index (χ4n) is 1.91. The lowest BCUT2D eigenvalue weighted by Gasteiger charge is -2.32. The Balaban J connectivity index is 2.84. The second kappa shape index (κ2) is 5.26. The quantitative estimate of drug-likeness (QED) is 0.523. The highest BCUT2D eigenvalue weighted by molar-refractivity contribution is 6.04. The van der Waals surface area contributed by atoms with E-state index in [1.54, 1.807) is 6.92 Å². The summed E-state index contributed by atoms with van der Waals surface area (Å²) in [6.45, 7) is 4.59. The first kappa shape index (κ1) is 12.2. The molecule has 0 N–H and O–H groups in total. The molecule has 0 aliphatic carbocycles. The minimum atomic E-state index is -1.02. The lowest BCUT2D eigenvalue weighted by molar-refractivity contribution is -0.169. The van der Waals surface area contributed by atoms with Crippen molar-refractivity contribution in [3.63, 3.8) is 0 Å². The molecule has 15 heavy (non-hydrogen) atoms. The zero-order valence-corrected chi connectivity index (χ0v) is 9.38. The SMILES string of the molecule is CCCC1(C(=O)OCC)COCCC1=O. The molecule has 0 aromatic rings. The lowest BCUT2D eigenvalue weighted by Crippen LogP contribution is -2.48. The summed E-state index contributed by atoms with van der Waals surface area (Å²) in [5, 5.41) is 0. The highest BCUT2D eigenvalue weighted by Crippen LogP contribution is 2.32. The summed E-state index contributed by atoms with van der Waals surface area (Å²) in [5.74, 6) is -0.453. The summed E-state index contributed by atoms with van der Waals surface area (Å²) in [7, 11) is 0. The number of ether oxygens (including phenoxy) is 2. The monoisotopic (exact) mass is 214 g/mol. The number of rotatable bonds is 4. The fraction of sp³-hybridized carbons (Fsp3) is 0.818. The summed E-state index contributed by atoms with van der Waals surface area (Å²) in [6, 6.07) is 0. The number of carbonyl (C=O) groups is 2. The van der Waals surface area contributed by atoms with E-state index in [-0.39, 0.29) is 12.4 Å². The molecule has 0 aromatic carbocycles. The van der Waals surface area contributed by atoms with E-state index in [1.807, 2.05) is 6.92 Å². The summed E-state index contributed by atoms with van der Waals surface area (Å²) >= 11 is 0. The summed E-state index contributed by atoms with van der Waals surface area (Å²) in [4.78, 5) is 23.6. The summed E-state index contributed by atoms with van der Waals surface area (Å²) in [6.07, 6.45) is 1.61. The van der Waals surface area contributed by atoms with E-state index in [0.717, 1.165) is 6.42 Å². The Bertz CT molecular complexity index is 245. The van der Waals surface area contributed by atoms with Crippen LogP contribution in [0.3, 0.4) is 0 Å². The van der Waals surface area contributed by atoms with Gasteiger partial charge < -0.3 is 9.47 Å². The molecule has 1 aliphatic rings. The van der Waals surface area contributed by atoms with Crippen LogP contribution in [-0.4, -0.2) is 31.6 Å². The van der Waals surface area contributed by atoms with Gasteiger partial charge in [-0.25, -0.2) is 0 Å². The van der Waals surface area contributed by atoms with E-state index in [9.17, 15) is 9.59 Å². The molecule has 1 fully saturated rings. The van der Waals surface area contributed by atoms with Crippen LogP contribution in [0.15, 0.2) is 0 Å². The van der Waals surface area contributed by atoms with E-state index in [1.165, 1.54) is 0 Å². The van der Waals surface area contributed by atoms with Gasteiger partial charge >= 0.3 is 5.97 Å². The van der Waals surface area contributed by atoms with Crippen LogP contribution in [0.25, 0.3) is 0 Å². The normalized spacial score (nSPS) is 26.4. The second-order valence-corrected chi connectivity index (χ2v) is 3.78. The van der Waals surface area contributed by atoms with Gasteiger partial charge in [-0.3, -0.25) is 9.59 Å². The Labute approximate surface area is 89.9 Å². The van der Waals surface area contributed by atoms with Crippen molar-refractivity contribution >= 4 is 11.8 Å². The van der Waals surface area contributed by atoms with Gasteiger partial charge in [-0.15, -0.1) is 0 Å². The predicted molar refractivity (Wildman–Crippen MR) is 54.4 cm³/mol. The van der Waals surface area contributed by atoms with Crippen molar-refractivity contribution in [3.05, 3.63) is 0 Å². The van der Waals surface area contributed by atoms with E-state index in [0.29, 0.717) is 26.1 Å². The maximum absolute atomic E-state index is 11.8. The molecule has 0 radical (unpaired) electrons. The molecule has 1 heterocycles. The number of hydrogen-bond acceptors (Lipinski definition) is 4. The smallest absolute Gasteiger partial charge is 0.322 e. The minimum absolute atomic E-state index is 0.0333. The van der Waals surface area contributed by atoms with Crippen molar-refractivity contribution in [2.24, 2.45) is 5.41 Å². The van der Waals surface area contributed by atoms with Gasteiger partial charge in [-0.1, -0.05) is 13.3 Å². The topological polar surface area (TPSA) is 52.6 Å². The Kier molecular flexibility index (Phi) is 4.27. The van der Waals surface area contributed by atoms with Gasteiger partial charge in [0.05, 0.1) is 19.8 Å².